The molecular weight excluding hydrogens is 588 g/mol. The number of urea groups is 1. The van der Waals surface area contributed by atoms with Crippen molar-refractivity contribution < 1.29 is 17.9 Å². The van der Waals surface area contributed by atoms with Crippen LogP contribution in [0.1, 0.15) is 23.2 Å². The standard InChI is InChI=1S/C31H31ClN6O4S/c1-21-17-29(25-5-2-3-7-28(25)35-21)36-31(39)34-14-16-38-15-13-23(19-38)37-43(40,41)24-11-9-22(10-12-24)20-42-30-8-4-6-27(32)26(30)18-33/h2-12,17,23,37H,13-16,19-20H2,1H3,(H2,34,35,36,39). The number of para-hydroxylation sites is 1. The van der Waals surface area contributed by atoms with Crippen molar-refractivity contribution in [3.63, 3.8) is 0 Å². The fourth-order valence-electron chi connectivity index (χ4n) is 4.98. The van der Waals surface area contributed by atoms with Crippen LogP contribution in [0.15, 0.2) is 77.7 Å². The molecule has 0 saturated carbocycles. The van der Waals surface area contributed by atoms with Crippen LogP contribution in [0.4, 0.5) is 10.5 Å². The highest BCUT2D eigenvalue weighted by molar-refractivity contribution is 7.89. The van der Waals surface area contributed by atoms with Crippen LogP contribution in [0, 0.1) is 18.3 Å². The van der Waals surface area contributed by atoms with E-state index in [9.17, 15) is 18.5 Å². The third-order valence-corrected chi connectivity index (χ3v) is 8.97. The maximum atomic E-state index is 13.0. The lowest BCUT2D eigenvalue weighted by atomic mass is 10.1. The van der Waals surface area contributed by atoms with Gasteiger partial charge in [-0.1, -0.05) is 48.0 Å². The monoisotopic (exact) mass is 618 g/mol. The minimum absolute atomic E-state index is 0.158. The number of anilines is 1. The summed E-state index contributed by atoms with van der Waals surface area (Å²) in [5, 5.41) is 16.3. The molecule has 1 atom stereocenters. The number of aromatic nitrogens is 1. The second kappa shape index (κ2) is 13.4. The van der Waals surface area contributed by atoms with Gasteiger partial charge in [-0.15, -0.1) is 0 Å². The van der Waals surface area contributed by atoms with E-state index in [1.54, 1.807) is 30.3 Å². The average Bonchev–Trinajstić information content (AvgIpc) is 3.42. The first-order chi connectivity index (χ1) is 20.7. The number of pyridine rings is 1. The minimum Gasteiger partial charge on any atom is -0.487 e. The van der Waals surface area contributed by atoms with Crippen LogP contribution >= 0.6 is 11.6 Å². The molecule has 4 aromatic rings. The van der Waals surface area contributed by atoms with E-state index in [1.807, 2.05) is 43.3 Å². The van der Waals surface area contributed by atoms with E-state index < -0.39 is 10.0 Å². The summed E-state index contributed by atoms with van der Waals surface area (Å²) in [5.41, 5.74) is 3.33. The molecule has 3 aromatic carbocycles. The zero-order chi connectivity index (χ0) is 30.4. The van der Waals surface area contributed by atoms with E-state index >= 15 is 0 Å². The van der Waals surface area contributed by atoms with Crippen LogP contribution in [0.25, 0.3) is 10.9 Å². The maximum Gasteiger partial charge on any atom is 0.319 e. The number of sulfonamides is 1. The molecule has 1 aliphatic heterocycles. The topological polar surface area (TPSA) is 136 Å². The Morgan fingerprint density at radius 3 is 2.72 bits per heavy atom. The molecule has 1 aromatic heterocycles. The van der Waals surface area contributed by atoms with Gasteiger partial charge in [0.25, 0.3) is 0 Å². The quantitative estimate of drug-likeness (QED) is 0.232. The lowest BCUT2D eigenvalue weighted by Gasteiger charge is -2.17. The van der Waals surface area contributed by atoms with Gasteiger partial charge in [0.2, 0.25) is 10.0 Å². The number of carbonyl (C=O) groups excluding carboxylic acids is 1. The predicted octanol–water partition coefficient (Wildman–Crippen LogP) is 4.82. The summed E-state index contributed by atoms with van der Waals surface area (Å²) < 4.78 is 34.6. The summed E-state index contributed by atoms with van der Waals surface area (Å²) >= 11 is 6.05. The summed E-state index contributed by atoms with van der Waals surface area (Å²) in [7, 11) is -3.72. The molecule has 0 spiro atoms. The number of likely N-dealkylation sites (tertiary alicyclic amines) is 1. The first kappa shape index (κ1) is 30.3. The summed E-state index contributed by atoms with van der Waals surface area (Å²) in [5.74, 6) is 0.368. The van der Waals surface area contributed by atoms with E-state index in [-0.39, 0.29) is 29.1 Å². The summed E-state index contributed by atoms with van der Waals surface area (Å²) in [6.07, 6.45) is 0.667. The predicted molar refractivity (Wildman–Crippen MR) is 166 cm³/mol. The Balaban J connectivity index is 1.07. The van der Waals surface area contributed by atoms with Gasteiger partial charge in [0.05, 0.1) is 21.1 Å². The van der Waals surface area contributed by atoms with Gasteiger partial charge in [-0.2, -0.15) is 5.26 Å². The number of nitriles is 1. The zero-order valence-corrected chi connectivity index (χ0v) is 25.1. The van der Waals surface area contributed by atoms with Gasteiger partial charge in [-0.25, -0.2) is 17.9 Å². The molecule has 0 aliphatic carbocycles. The Morgan fingerprint density at radius 2 is 1.93 bits per heavy atom. The summed E-state index contributed by atoms with van der Waals surface area (Å²) in [4.78, 5) is 19.3. The van der Waals surface area contributed by atoms with Gasteiger partial charge in [-0.3, -0.25) is 9.88 Å². The Morgan fingerprint density at radius 1 is 1.14 bits per heavy atom. The van der Waals surface area contributed by atoms with Crippen molar-refractivity contribution >= 4 is 44.2 Å². The van der Waals surface area contributed by atoms with Crippen molar-refractivity contribution in [1.29, 1.82) is 5.26 Å². The first-order valence-corrected chi connectivity index (χ1v) is 15.6. The second-order valence-corrected chi connectivity index (χ2v) is 12.4. The Kier molecular flexibility index (Phi) is 9.43. The molecule has 222 valence electrons. The molecule has 2 heterocycles. The van der Waals surface area contributed by atoms with Gasteiger partial charge >= 0.3 is 6.03 Å². The lowest BCUT2D eigenvalue weighted by molar-refractivity contribution is 0.249. The number of ether oxygens (including phenoxy) is 1. The highest BCUT2D eigenvalue weighted by atomic mass is 35.5. The smallest absolute Gasteiger partial charge is 0.319 e. The molecule has 3 N–H and O–H groups in total. The molecule has 1 aliphatic rings. The van der Waals surface area contributed by atoms with Crippen LogP contribution in [0.3, 0.4) is 0 Å². The molecule has 43 heavy (non-hydrogen) atoms. The largest absolute Gasteiger partial charge is 0.487 e. The fraction of sp³-hybridized carbons (Fsp3) is 0.258. The van der Waals surface area contributed by atoms with E-state index in [0.717, 1.165) is 28.7 Å². The molecule has 0 radical (unpaired) electrons. The number of benzene rings is 3. The molecule has 5 rings (SSSR count). The lowest BCUT2D eigenvalue weighted by Crippen LogP contribution is -2.39. The van der Waals surface area contributed by atoms with Crippen LogP contribution in [0.5, 0.6) is 5.75 Å². The molecule has 1 fully saturated rings. The third kappa shape index (κ3) is 7.60. The average molecular weight is 619 g/mol. The number of nitrogens with zero attached hydrogens (tertiary/aromatic N) is 3. The van der Waals surface area contributed by atoms with Gasteiger partial charge in [-0.05, 0) is 61.9 Å². The Labute approximate surface area is 255 Å². The molecule has 1 unspecified atom stereocenters. The third-order valence-electron chi connectivity index (χ3n) is 7.12. The molecule has 2 amide bonds. The SMILES string of the molecule is Cc1cc(NC(=O)NCCN2CCC(NS(=O)(=O)c3ccc(COc4cccc(Cl)c4C#N)cc3)C2)c2ccccc2n1. The maximum absolute atomic E-state index is 13.0. The summed E-state index contributed by atoms with van der Waals surface area (Å²) in [6, 6.07) is 22.4. The molecule has 0 bridgehead atoms. The fourth-order valence-corrected chi connectivity index (χ4v) is 6.45. The zero-order valence-electron chi connectivity index (χ0n) is 23.5. The number of rotatable bonds is 10. The van der Waals surface area contributed by atoms with Gasteiger partial charge in [0.15, 0.2) is 0 Å². The number of hydrogen-bond donors (Lipinski definition) is 3. The highest BCUT2D eigenvalue weighted by Gasteiger charge is 2.27. The second-order valence-electron chi connectivity index (χ2n) is 10.3. The van der Waals surface area contributed by atoms with Crippen molar-refractivity contribution in [2.75, 3.05) is 31.5 Å². The Hall–Kier alpha value is -4.21. The van der Waals surface area contributed by atoms with E-state index in [4.69, 9.17) is 16.3 Å². The van der Waals surface area contributed by atoms with E-state index in [2.05, 4.69) is 25.2 Å². The van der Waals surface area contributed by atoms with Gasteiger partial charge in [0.1, 0.15) is 24.0 Å². The van der Waals surface area contributed by atoms with Crippen LogP contribution in [-0.2, 0) is 16.6 Å². The molecule has 10 nitrogen and oxygen atoms in total. The normalized spacial score (nSPS) is 15.2. The minimum atomic E-state index is -3.72. The van der Waals surface area contributed by atoms with Crippen molar-refractivity contribution in [2.45, 2.75) is 30.9 Å². The van der Waals surface area contributed by atoms with Gasteiger partial charge in [0, 0.05) is 36.8 Å². The van der Waals surface area contributed by atoms with Crippen molar-refractivity contribution in [1.82, 2.24) is 19.9 Å². The number of fused-ring (bicyclic) bond motifs is 1. The van der Waals surface area contributed by atoms with Gasteiger partial charge < -0.3 is 15.4 Å². The van der Waals surface area contributed by atoms with Crippen LogP contribution in [0.2, 0.25) is 5.02 Å². The molecule has 1 saturated heterocycles. The highest BCUT2D eigenvalue weighted by Crippen LogP contribution is 2.26. The molecule has 12 heteroatoms. The number of carbonyl (C=O) groups is 1. The number of halogens is 1. The van der Waals surface area contributed by atoms with E-state index in [0.29, 0.717) is 42.5 Å². The Bertz CT molecular complexity index is 1780. The number of amides is 2. The van der Waals surface area contributed by atoms with Crippen molar-refractivity contribution in [3.05, 3.63) is 94.6 Å². The number of hydrogen-bond acceptors (Lipinski definition) is 7. The summed E-state index contributed by atoms with van der Waals surface area (Å²) in [6.45, 7) is 4.32. The van der Waals surface area contributed by atoms with Crippen molar-refractivity contribution in [2.24, 2.45) is 0 Å². The molecular formula is C31H31ClN6O4S. The number of aryl methyl sites for hydroxylation is 1. The first-order valence-electron chi connectivity index (χ1n) is 13.8. The number of nitrogens with one attached hydrogen (secondary N) is 3. The van der Waals surface area contributed by atoms with E-state index in [1.165, 1.54) is 12.1 Å². The van der Waals surface area contributed by atoms with Crippen LogP contribution in [-0.4, -0.2) is 56.6 Å². The van der Waals surface area contributed by atoms with Crippen molar-refractivity contribution in [3.8, 4) is 11.8 Å². The van der Waals surface area contributed by atoms with Crippen LogP contribution < -0.4 is 20.1 Å².